The molecule has 0 aliphatic heterocycles. The Hall–Kier alpha value is -3.97. The number of amides is 1. The second-order valence-corrected chi connectivity index (χ2v) is 10.0. The maximum absolute atomic E-state index is 14.1. The number of nitrogens with zero attached hydrogens (tertiary/aromatic N) is 1. The van der Waals surface area contributed by atoms with Crippen molar-refractivity contribution in [3.63, 3.8) is 0 Å². The molecular weight excluding hydrogens is 451 g/mol. The van der Waals surface area contributed by atoms with Gasteiger partial charge >= 0.3 is 0 Å². The summed E-state index contributed by atoms with van der Waals surface area (Å²) in [5.41, 5.74) is 1.41. The zero-order valence-electron chi connectivity index (χ0n) is 18.1. The number of rotatable bonds is 6. The summed E-state index contributed by atoms with van der Waals surface area (Å²) in [7, 11) is -3.86. The van der Waals surface area contributed by atoms with Gasteiger partial charge in [0.05, 0.1) is 10.6 Å². The molecular formula is C27H21FN2O3S. The first kappa shape index (κ1) is 21.9. The minimum Gasteiger partial charge on any atom is -0.337 e. The smallest absolute Gasteiger partial charge is 0.244 e. The monoisotopic (exact) mass is 472 g/mol. The van der Waals surface area contributed by atoms with Gasteiger partial charge in [0.25, 0.3) is 0 Å². The van der Waals surface area contributed by atoms with E-state index in [-0.39, 0.29) is 22.9 Å². The number of carbonyl (C=O) groups excluding carboxylic acids is 1. The predicted molar refractivity (Wildman–Crippen MR) is 132 cm³/mol. The third-order valence-electron chi connectivity index (χ3n) is 5.77. The standard InChI is InChI=1S/C27H21FN2O3S/c28-23-13-5-2-9-20(23)18-34(32,33)26-16-30(25-15-6-4-12-22(25)26)17-27(31)29-24-14-7-10-19-8-1-3-11-21(19)24/h1-16H,17-18H2,(H,29,31). The topological polar surface area (TPSA) is 68.2 Å². The molecule has 0 aliphatic carbocycles. The lowest BCUT2D eigenvalue weighted by atomic mass is 10.1. The number of hydrogen-bond acceptors (Lipinski definition) is 3. The highest BCUT2D eigenvalue weighted by Gasteiger charge is 2.23. The second kappa shape index (κ2) is 8.76. The molecule has 0 atom stereocenters. The lowest BCUT2D eigenvalue weighted by Gasteiger charge is -2.10. The van der Waals surface area contributed by atoms with Crippen molar-refractivity contribution < 1.29 is 17.6 Å². The van der Waals surface area contributed by atoms with Crippen molar-refractivity contribution in [3.8, 4) is 0 Å². The molecule has 4 aromatic carbocycles. The van der Waals surface area contributed by atoms with Crippen LogP contribution in [-0.4, -0.2) is 18.9 Å². The molecule has 170 valence electrons. The number of carbonyl (C=O) groups is 1. The normalized spacial score (nSPS) is 11.7. The number of anilines is 1. The van der Waals surface area contributed by atoms with Crippen LogP contribution in [0.1, 0.15) is 5.56 Å². The number of sulfone groups is 1. The average Bonchev–Trinajstić information content (AvgIpc) is 3.20. The molecule has 5 rings (SSSR count). The molecule has 0 radical (unpaired) electrons. The van der Waals surface area contributed by atoms with Crippen LogP contribution in [0.25, 0.3) is 21.7 Å². The summed E-state index contributed by atoms with van der Waals surface area (Å²) in [6.07, 6.45) is 1.46. The minimum absolute atomic E-state index is 0.0705. The summed E-state index contributed by atoms with van der Waals surface area (Å²) in [6, 6.07) is 26.2. The van der Waals surface area contributed by atoms with Gasteiger partial charge in [-0.15, -0.1) is 0 Å². The van der Waals surface area contributed by atoms with Crippen molar-refractivity contribution in [3.05, 3.63) is 109 Å². The van der Waals surface area contributed by atoms with Crippen LogP contribution in [0.5, 0.6) is 0 Å². The van der Waals surface area contributed by atoms with E-state index in [1.165, 1.54) is 24.4 Å². The molecule has 1 heterocycles. The summed E-state index contributed by atoms with van der Waals surface area (Å²) in [5.74, 6) is -1.31. The van der Waals surface area contributed by atoms with Crippen LogP contribution in [0.3, 0.4) is 0 Å². The molecule has 0 spiro atoms. The zero-order valence-corrected chi connectivity index (χ0v) is 18.9. The van der Waals surface area contributed by atoms with E-state index in [0.29, 0.717) is 16.6 Å². The molecule has 1 amide bonds. The van der Waals surface area contributed by atoms with E-state index < -0.39 is 21.4 Å². The summed E-state index contributed by atoms with van der Waals surface area (Å²) in [6.45, 7) is -0.0705. The Morgan fingerprint density at radius 3 is 2.32 bits per heavy atom. The number of aromatic nitrogens is 1. The van der Waals surface area contributed by atoms with Gasteiger partial charge in [-0.1, -0.05) is 72.8 Å². The number of nitrogens with one attached hydrogen (secondary N) is 1. The first-order valence-corrected chi connectivity index (χ1v) is 12.4. The molecule has 0 unspecified atom stereocenters. The molecule has 34 heavy (non-hydrogen) atoms. The lowest BCUT2D eigenvalue weighted by molar-refractivity contribution is -0.116. The van der Waals surface area contributed by atoms with Gasteiger partial charge < -0.3 is 9.88 Å². The van der Waals surface area contributed by atoms with E-state index in [9.17, 15) is 17.6 Å². The third-order valence-corrected chi connectivity index (χ3v) is 7.45. The quantitative estimate of drug-likeness (QED) is 0.353. The van der Waals surface area contributed by atoms with E-state index in [1.807, 2.05) is 42.5 Å². The highest BCUT2D eigenvalue weighted by atomic mass is 32.2. The fourth-order valence-electron chi connectivity index (χ4n) is 4.17. The number of halogens is 1. The molecule has 0 fully saturated rings. The first-order chi connectivity index (χ1) is 16.4. The van der Waals surface area contributed by atoms with Gasteiger partial charge in [-0.2, -0.15) is 0 Å². The van der Waals surface area contributed by atoms with Gasteiger partial charge in [0, 0.05) is 33.7 Å². The maximum Gasteiger partial charge on any atom is 0.244 e. The van der Waals surface area contributed by atoms with Crippen LogP contribution < -0.4 is 5.32 Å². The molecule has 0 saturated carbocycles. The Morgan fingerprint density at radius 1 is 0.824 bits per heavy atom. The molecule has 0 bridgehead atoms. The van der Waals surface area contributed by atoms with Gasteiger partial charge in [0.15, 0.2) is 9.84 Å². The summed E-state index contributed by atoms with van der Waals surface area (Å²) >= 11 is 0. The zero-order chi connectivity index (χ0) is 23.7. The molecule has 5 nitrogen and oxygen atoms in total. The van der Waals surface area contributed by atoms with Crippen molar-refractivity contribution in [1.29, 1.82) is 0 Å². The highest BCUT2D eigenvalue weighted by Crippen LogP contribution is 2.29. The lowest BCUT2D eigenvalue weighted by Crippen LogP contribution is -2.18. The van der Waals surface area contributed by atoms with Gasteiger partial charge in [0.1, 0.15) is 12.4 Å². The Bertz CT molecular complexity index is 1640. The summed E-state index contributed by atoms with van der Waals surface area (Å²) in [4.78, 5) is 13.0. The fourth-order valence-corrected chi connectivity index (χ4v) is 5.76. The Labute approximate surface area is 196 Å². The van der Waals surface area contributed by atoms with E-state index in [2.05, 4.69) is 5.32 Å². The maximum atomic E-state index is 14.1. The fraction of sp³-hybridized carbons (Fsp3) is 0.0741. The molecule has 7 heteroatoms. The van der Waals surface area contributed by atoms with Crippen molar-refractivity contribution in [2.75, 3.05) is 5.32 Å². The van der Waals surface area contributed by atoms with E-state index >= 15 is 0 Å². The van der Waals surface area contributed by atoms with Crippen LogP contribution >= 0.6 is 0 Å². The van der Waals surface area contributed by atoms with Crippen LogP contribution in [0.15, 0.2) is 102 Å². The van der Waals surface area contributed by atoms with Gasteiger partial charge in [0.2, 0.25) is 5.91 Å². The largest absolute Gasteiger partial charge is 0.337 e. The van der Waals surface area contributed by atoms with Crippen LogP contribution in [0.4, 0.5) is 10.1 Å². The average molecular weight is 473 g/mol. The van der Waals surface area contributed by atoms with Crippen LogP contribution in [-0.2, 0) is 26.9 Å². The molecule has 0 saturated heterocycles. The Morgan fingerprint density at radius 2 is 1.50 bits per heavy atom. The van der Waals surface area contributed by atoms with Gasteiger partial charge in [-0.05, 0) is 23.6 Å². The predicted octanol–water partition coefficient (Wildman–Crippen LogP) is 5.55. The summed E-state index contributed by atoms with van der Waals surface area (Å²) in [5, 5.41) is 5.36. The molecule has 5 aromatic rings. The molecule has 1 N–H and O–H groups in total. The Kier molecular flexibility index (Phi) is 5.63. The van der Waals surface area contributed by atoms with Crippen molar-refractivity contribution in [2.45, 2.75) is 17.2 Å². The molecule has 1 aromatic heterocycles. The van der Waals surface area contributed by atoms with Crippen LogP contribution in [0.2, 0.25) is 0 Å². The number of fused-ring (bicyclic) bond motifs is 2. The van der Waals surface area contributed by atoms with Crippen molar-refractivity contribution >= 4 is 43.1 Å². The SMILES string of the molecule is O=C(Cn1cc(S(=O)(=O)Cc2ccccc2F)c2ccccc21)Nc1cccc2ccccc12. The van der Waals surface area contributed by atoms with E-state index in [0.717, 1.165) is 10.8 Å². The third kappa shape index (κ3) is 4.18. The Balaban J connectivity index is 1.47. The van der Waals surface area contributed by atoms with Gasteiger partial charge in [-0.3, -0.25) is 4.79 Å². The highest BCUT2D eigenvalue weighted by molar-refractivity contribution is 7.90. The van der Waals surface area contributed by atoms with Crippen LogP contribution in [0, 0.1) is 5.82 Å². The van der Waals surface area contributed by atoms with E-state index in [1.54, 1.807) is 34.9 Å². The minimum atomic E-state index is -3.86. The van der Waals surface area contributed by atoms with Crippen molar-refractivity contribution in [2.24, 2.45) is 0 Å². The summed E-state index contributed by atoms with van der Waals surface area (Å²) < 4.78 is 42.2. The van der Waals surface area contributed by atoms with Gasteiger partial charge in [-0.25, -0.2) is 12.8 Å². The van der Waals surface area contributed by atoms with E-state index in [4.69, 9.17) is 0 Å². The number of para-hydroxylation sites is 1. The number of hydrogen-bond donors (Lipinski definition) is 1. The van der Waals surface area contributed by atoms with Crippen molar-refractivity contribution in [1.82, 2.24) is 4.57 Å². The first-order valence-electron chi connectivity index (χ1n) is 10.7. The second-order valence-electron chi connectivity index (χ2n) is 8.06. The number of benzene rings is 4. The molecule has 0 aliphatic rings.